The molecule has 1 N–H and O–H groups in total. The quantitative estimate of drug-likeness (QED) is 0.544. The molecule has 0 amide bonds. The Morgan fingerprint density at radius 2 is 2.00 bits per heavy atom. The molecule has 0 fully saturated rings. The molecule has 0 radical (unpaired) electrons. The lowest BCUT2D eigenvalue weighted by Gasteiger charge is -2.11. The minimum atomic E-state index is -1.02. The van der Waals surface area contributed by atoms with Crippen LogP contribution in [-0.4, -0.2) is 51.2 Å². The van der Waals surface area contributed by atoms with E-state index in [1.54, 1.807) is 0 Å². The van der Waals surface area contributed by atoms with Crippen LogP contribution in [0.1, 0.15) is 0 Å². The summed E-state index contributed by atoms with van der Waals surface area (Å²) in [5.74, 6) is -1.02. The summed E-state index contributed by atoms with van der Waals surface area (Å²) in [7, 11) is 2.95. The average molecular weight is 178 g/mol. The summed E-state index contributed by atoms with van der Waals surface area (Å²) < 4.78 is 14.3. The Hall–Kier alpha value is -0.650. The molecular formula is C7H14O5. The zero-order chi connectivity index (χ0) is 9.40. The largest absolute Gasteiger partial charge is 0.479 e. The summed E-state index contributed by atoms with van der Waals surface area (Å²) in [6.07, 6.45) is -0.898. The van der Waals surface area contributed by atoms with Crippen LogP contribution in [0.3, 0.4) is 0 Å². The third-order valence-corrected chi connectivity index (χ3v) is 1.20. The molecule has 0 spiro atoms. The van der Waals surface area contributed by atoms with Gasteiger partial charge in [-0.05, 0) is 0 Å². The summed E-state index contributed by atoms with van der Waals surface area (Å²) in [4.78, 5) is 10.4. The van der Waals surface area contributed by atoms with Crippen molar-refractivity contribution < 1.29 is 24.1 Å². The number of ether oxygens (including phenoxy) is 3. The smallest absolute Gasteiger partial charge is 0.335 e. The van der Waals surface area contributed by atoms with Crippen LogP contribution in [0, 0.1) is 0 Å². The Morgan fingerprint density at radius 1 is 1.33 bits per heavy atom. The second-order valence-corrected chi connectivity index (χ2v) is 2.15. The van der Waals surface area contributed by atoms with Crippen LogP contribution in [0.15, 0.2) is 0 Å². The fraction of sp³-hybridized carbons (Fsp3) is 0.857. The third kappa shape index (κ3) is 5.06. The van der Waals surface area contributed by atoms with E-state index in [1.165, 1.54) is 14.2 Å². The number of hydrogen-bond donors (Lipinski definition) is 1. The van der Waals surface area contributed by atoms with Crippen LogP contribution in [0.4, 0.5) is 0 Å². The van der Waals surface area contributed by atoms with Crippen LogP contribution >= 0.6 is 0 Å². The van der Waals surface area contributed by atoms with Gasteiger partial charge in [-0.15, -0.1) is 0 Å². The van der Waals surface area contributed by atoms with Gasteiger partial charge in [0.1, 0.15) is 0 Å². The molecular weight excluding hydrogens is 164 g/mol. The van der Waals surface area contributed by atoms with Crippen LogP contribution < -0.4 is 0 Å². The summed E-state index contributed by atoms with van der Waals surface area (Å²) in [6, 6.07) is 0. The molecule has 0 heterocycles. The van der Waals surface area contributed by atoms with Gasteiger partial charge in [0.25, 0.3) is 0 Å². The van der Waals surface area contributed by atoms with Crippen LogP contribution in [0.2, 0.25) is 0 Å². The van der Waals surface area contributed by atoms with Crippen LogP contribution in [0.25, 0.3) is 0 Å². The normalized spacial score (nSPS) is 12.8. The fourth-order valence-corrected chi connectivity index (χ4v) is 0.616. The van der Waals surface area contributed by atoms with E-state index >= 15 is 0 Å². The maximum atomic E-state index is 10.4. The van der Waals surface area contributed by atoms with Gasteiger partial charge in [-0.2, -0.15) is 0 Å². The van der Waals surface area contributed by atoms with Crippen molar-refractivity contribution in [2.24, 2.45) is 0 Å². The standard InChI is InChI=1S/C7H14O5/c1-10-3-4-12-6(5-11-2)7(8)9/h6H,3-5H2,1-2H3,(H,8,9). The van der Waals surface area contributed by atoms with E-state index < -0.39 is 12.1 Å². The van der Waals surface area contributed by atoms with Gasteiger partial charge in [-0.25, -0.2) is 4.79 Å². The number of methoxy groups -OCH3 is 2. The lowest BCUT2D eigenvalue weighted by molar-refractivity contribution is -0.154. The van der Waals surface area contributed by atoms with Crippen molar-refractivity contribution in [3.63, 3.8) is 0 Å². The first-order chi connectivity index (χ1) is 5.72. The number of rotatable bonds is 7. The number of carbonyl (C=O) groups is 1. The highest BCUT2D eigenvalue weighted by atomic mass is 16.6. The van der Waals surface area contributed by atoms with Gasteiger partial charge >= 0.3 is 5.97 Å². The Bertz CT molecular complexity index is 125. The highest BCUT2D eigenvalue weighted by Gasteiger charge is 2.16. The summed E-state index contributed by atoms with van der Waals surface area (Å²) in [5, 5.41) is 8.56. The molecule has 0 aliphatic rings. The first-order valence-electron chi connectivity index (χ1n) is 3.54. The van der Waals surface area contributed by atoms with Crippen molar-refractivity contribution in [3.05, 3.63) is 0 Å². The van der Waals surface area contributed by atoms with E-state index in [2.05, 4.69) is 4.74 Å². The molecule has 0 saturated heterocycles. The molecule has 0 aromatic heterocycles. The van der Waals surface area contributed by atoms with Gasteiger partial charge in [-0.3, -0.25) is 0 Å². The van der Waals surface area contributed by atoms with Crippen molar-refractivity contribution in [2.45, 2.75) is 6.10 Å². The second-order valence-electron chi connectivity index (χ2n) is 2.15. The molecule has 5 nitrogen and oxygen atoms in total. The predicted octanol–water partition coefficient (Wildman–Crippen LogP) is -0.251. The minimum Gasteiger partial charge on any atom is -0.479 e. The Labute approximate surface area is 71.2 Å². The maximum absolute atomic E-state index is 10.4. The van der Waals surface area contributed by atoms with Gasteiger partial charge in [0.2, 0.25) is 0 Å². The zero-order valence-electron chi connectivity index (χ0n) is 7.28. The summed E-state index contributed by atoms with van der Waals surface area (Å²) >= 11 is 0. The molecule has 0 saturated carbocycles. The van der Waals surface area contributed by atoms with E-state index in [1.807, 2.05) is 0 Å². The molecule has 0 aromatic rings. The van der Waals surface area contributed by atoms with Gasteiger partial charge in [0.15, 0.2) is 6.10 Å². The van der Waals surface area contributed by atoms with E-state index in [0.29, 0.717) is 6.61 Å². The van der Waals surface area contributed by atoms with E-state index in [9.17, 15) is 4.79 Å². The lowest BCUT2D eigenvalue weighted by Crippen LogP contribution is -2.29. The van der Waals surface area contributed by atoms with Crippen molar-refractivity contribution in [1.29, 1.82) is 0 Å². The van der Waals surface area contributed by atoms with E-state index in [0.717, 1.165) is 0 Å². The van der Waals surface area contributed by atoms with Crippen molar-refractivity contribution in [1.82, 2.24) is 0 Å². The topological polar surface area (TPSA) is 65.0 Å². The van der Waals surface area contributed by atoms with Gasteiger partial charge in [0, 0.05) is 14.2 Å². The number of hydrogen-bond acceptors (Lipinski definition) is 4. The number of aliphatic carboxylic acids is 1. The van der Waals surface area contributed by atoms with E-state index in [4.69, 9.17) is 14.6 Å². The summed E-state index contributed by atoms with van der Waals surface area (Å²) in [5.41, 5.74) is 0. The average Bonchev–Trinajstić information content (AvgIpc) is 2.03. The molecule has 5 heteroatoms. The number of carboxylic acid groups (broad SMARTS) is 1. The molecule has 72 valence electrons. The predicted molar refractivity (Wildman–Crippen MR) is 41.1 cm³/mol. The molecule has 1 unspecified atom stereocenters. The molecule has 12 heavy (non-hydrogen) atoms. The fourth-order valence-electron chi connectivity index (χ4n) is 0.616. The molecule has 0 aliphatic heterocycles. The van der Waals surface area contributed by atoms with Crippen LogP contribution in [-0.2, 0) is 19.0 Å². The molecule has 0 rings (SSSR count). The highest BCUT2D eigenvalue weighted by Crippen LogP contribution is 1.92. The van der Waals surface area contributed by atoms with Crippen molar-refractivity contribution in [2.75, 3.05) is 34.0 Å². The van der Waals surface area contributed by atoms with Gasteiger partial charge in [0.05, 0.1) is 19.8 Å². The van der Waals surface area contributed by atoms with Gasteiger partial charge < -0.3 is 19.3 Å². The number of carboxylic acids is 1. The zero-order valence-corrected chi connectivity index (χ0v) is 7.28. The Kier molecular flexibility index (Phi) is 6.64. The minimum absolute atomic E-state index is 0.0546. The third-order valence-electron chi connectivity index (χ3n) is 1.20. The lowest BCUT2D eigenvalue weighted by atomic mass is 10.4. The molecule has 1 atom stereocenters. The molecule has 0 aromatic carbocycles. The SMILES string of the molecule is COCCOC(COC)C(=O)O. The van der Waals surface area contributed by atoms with Gasteiger partial charge in [-0.1, -0.05) is 0 Å². The molecule has 0 aliphatic carbocycles. The van der Waals surface area contributed by atoms with Crippen molar-refractivity contribution >= 4 is 5.97 Å². The van der Waals surface area contributed by atoms with Crippen molar-refractivity contribution in [3.8, 4) is 0 Å². The highest BCUT2D eigenvalue weighted by molar-refractivity contribution is 5.72. The maximum Gasteiger partial charge on any atom is 0.335 e. The van der Waals surface area contributed by atoms with E-state index in [-0.39, 0.29) is 13.2 Å². The Morgan fingerprint density at radius 3 is 2.42 bits per heavy atom. The monoisotopic (exact) mass is 178 g/mol. The summed E-state index contributed by atoms with van der Waals surface area (Å²) in [6.45, 7) is 0.698. The second kappa shape index (κ2) is 7.02. The van der Waals surface area contributed by atoms with Crippen LogP contribution in [0.5, 0.6) is 0 Å². The molecule has 0 bridgehead atoms. The first-order valence-corrected chi connectivity index (χ1v) is 3.54. The Balaban J connectivity index is 3.56. The first kappa shape index (κ1) is 11.4.